The minimum absolute atomic E-state index is 0.241. The summed E-state index contributed by atoms with van der Waals surface area (Å²) in [6.07, 6.45) is 48.7. The fourth-order valence-electron chi connectivity index (χ4n) is 6.22. The fraction of sp³-hybridized carbons (Fsp3) is 0.844. The summed E-state index contributed by atoms with van der Waals surface area (Å²) in [5.74, 6) is 1.61. The van der Waals surface area contributed by atoms with Crippen LogP contribution < -0.4 is 0 Å². The molecular weight excluding hydrogens is 588 g/mol. The van der Waals surface area contributed by atoms with Crippen LogP contribution in [0.3, 0.4) is 0 Å². The quantitative estimate of drug-likeness (QED) is 0.0371. The van der Waals surface area contributed by atoms with Gasteiger partial charge in [0, 0.05) is 19.3 Å². The van der Waals surface area contributed by atoms with Gasteiger partial charge in [0.1, 0.15) is 0 Å². The van der Waals surface area contributed by atoms with Crippen LogP contribution in [-0.4, -0.2) is 5.97 Å². The van der Waals surface area contributed by atoms with Gasteiger partial charge < -0.3 is 9.47 Å². The van der Waals surface area contributed by atoms with Crippen LogP contribution in [0.5, 0.6) is 0 Å². The van der Waals surface area contributed by atoms with E-state index in [4.69, 9.17) is 4.74 Å². The highest BCUT2D eigenvalue weighted by Gasteiger charge is 2.02. The first-order chi connectivity index (χ1) is 23.5. The van der Waals surface area contributed by atoms with E-state index in [2.05, 4.69) is 38.3 Å². The second kappa shape index (κ2) is 43.5. The van der Waals surface area contributed by atoms with Gasteiger partial charge in [0.15, 0.2) is 0 Å². The van der Waals surface area contributed by atoms with Gasteiger partial charge in [0.2, 0.25) is 0 Å². The molecule has 0 fully saturated rings. The molecule has 0 aliphatic rings. The molecule has 0 aromatic carbocycles. The largest absolute Gasteiger partial charge is 0.467 e. The topological polar surface area (TPSA) is 35.5 Å². The van der Waals surface area contributed by atoms with Crippen LogP contribution in [0.25, 0.3) is 0 Å². The Morgan fingerprint density at radius 2 is 0.646 bits per heavy atom. The monoisotopic (exact) mass is 675 g/mol. The second-order valence-corrected chi connectivity index (χ2v) is 14.3. The minimum atomic E-state index is -0.241. The Bertz CT molecular complexity index is 636. The molecule has 0 aliphatic heterocycles. The molecule has 0 spiro atoms. The molecule has 0 rings (SSSR count). The van der Waals surface area contributed by atoms with E-state index in [1.54, 1.807) is 6.92 Å². The Morgan fingerprint density at radius 1 is 0.417 bits per heavy atom. The highest BCUT2D eigenvalue weighted by molar-refractivity contribution is 5.69. The molecule has 0 amide bonds. The van der Waals surface area contributed by atoms with Gasteiger partial charge in [0.05, 0.1) is 17.8 Å². The molecule has 0 saturated carbocycles. The normalized spacial score (nSPS) is 10.7. The lowest BCUT2D eigenvalue weighted by atomic mass is 10.0. The van der Waals surface area contributed by atoms with Gasteiger partial charge in [-0.1, -0.05) is 233 Å². The molecule has 0 N–H and O–H groups in total. The van der Waals surface area contributed by atoms with Crippen molar-refractivity contribution < 1.29 is 14.3 Å². The minimum Gasteiger partial charge on any atom is -0.467 e. The van der Waals surface area contributed by atoms with Crippen molar-refractivity contribution >= 4 is 5.97 Å². The summed E-state index contributed by atoms with van der Waals surface area (Å²) < 4.78 is 10.2. The summed E-state index contributed by atoms with van der Waals surface area (Å²) in [5.41, 5.74) is 0. The number of esters is 1. The van der Waals surface area contributed by atoms with Gasteiger partial charge in [0.25, 0.3) is 0 Å². The maximum atomic E-state index is 10.1. The third-order valence-corrected chi connectivity index (χ3v) is 9.41. The molecule has 0 aromatic heterocycles. The molecule has 0 heterocycles. The zero-order valence-electron chi connectivity index (χ0n) is 33.2. The summed E-state index contributed by atoms with van der Waals surface area (Å²) in [7, 11) is 0. The average molecular weight is 675 g/mol. The van der Waals surface area contributed by atoms with Crippen molar-refractivity contribution in [2.24, 2.45) is 0 Å². The number of carbonyl (C=O) groups is 1. The van der Waals surface area contributed by atoms with Crippen LogP contribution >= 0.6 is 0 Å². The smallest absolute Gasteiger partial charge is 0.310 e. The summed E-state index contributed by atoms with van der Waals surface area (Å²) >= 11 is 0. The number of ether oxygens (including phenoxy) is 2. The molecule has 0 radical (unpaired) electrons. The SMILES string of the molecule is C=C(CCCCCCCCCCCCCCCCCC)OC(=C)CCCCCCCCCCCCCCCCCC.C=COC(=O)CC. The third-order valence-electron chi connectivity index (χ3n) is 9.41. The third kappa shape index (κ3) is 44.5. The Labute approximate surface area is 302 Å². The molecule has 3 nitrogen and oxygen atoms in total. The predicted molar refractivity (Wildman–Crippen MR) is 214 cm³/mol. The van der Waals surface area contributed by atoms with Crippen molar-refractivity contribution in [1.82, 2.24) is 0 Å². The number of hydrogen-bond donors (Lipinski definition) is 0. The summed E-state index contributed by atoms with van der Waals surface area (Å²) in [5, 5.41) is 0. The molecule has 284 valence electrons. The van der Waals surface area contributed by atoms with E-state index in [0.29, 0.717) is 6.42 Å². The number of rotatable bonds is 38. The Morgan fingerprint density at radius 3 is 0.833 bits per heavy atom. The van der Waals surface area contributed by atoms with Gasteiger partial charge in [-0.25, -0.2) is 0 Å². The first-order valence-electron chi connectivity index (χ1n) is 21.3. The zero-order chi connectivity index (χ0) is 35.6. The van der Waals surface area contributed by atoms with Gasteiger partial charge in [-0.2, -0.15) is 0 Å². The highest BCUT2D eigenvalue weighted by atomic mass is 16.5. The maximum absolute atomic E-state index is 10.1. The lowest BCUT2D eigenvalue weighted by Gasteiger charge is -2.11. The van der Waals surface area contributed by atoms with Gasteiger partial charge in [-0.3, -0.25) is 4.79 Å². The van der Waals surface area contributed by atoms with Crippen LogP contribution in [0.1, 0.15) is 245 Å². The molecule has 0 unspecified atom stereocenters. The summed E-state index contributed by atoms with van der Waals surface area (Å²) in [6, 6.07) is 0. The lowest BCUT2D eigenvalue weighted by Crippen LogP contribution is -1.94. The first-order valence-corrected chi connectivity index (χ1v) is 21.3. The van der Waals surface area contributed by atoms with E-state index in [-0.39, 0.29) is 5.97 Å². The second-order valence-electron chi connectivity index (χ2n) is 14.3. The van der Waals surface area contributed by atoms with Crippen LogP contribution in [0.15, 0.2) is 37.5 Å². The standard InChI is InChI=1S/C40H78O.C5H8O2/c1-5-7-9-11-13-15-17-19-21-23-25-27-29-31-33-35-37-39(3)41-40(4)38-36-34-32-30-28-26-24-22-20-18-16-14-12-10-8-6-2;1-3-5(6)7-4-2/h3-38H2,1-2H3;4H,2-3H2,1H3. The van der Waals surface area contributed by atoms with Gasteiger partial charge in [-0.05, 0) is 12.8 Å². The van der Waals surface area contributed by atoms with Crippen molar-refractivity contribution in [2.45, 2.75) is 245 Å². The van der Waals surface area contributed by atoms with Crippen molar-refractivity contribution in [1.29, 1.82) is 0 Å². The molecule has 0 bridgehead atoms. The molecule has 0 atom stereocenters. The number of allylic oxidation sites excluding steroid dienone is 2. The van der Waals surface area contributed by atoms with Crippen LogP contribution in [-0.2, 0) is 14.3 Å². The molecule has 0 saturated heterocycles. The van der Waals surface area contributed by atoms with Gasteiger partial charge in [-0.15, -0.1) is 0 Å². The lowest BCUT2D eigenvalue weighted by molar-refractivity contribution is -0.137. The maximum Gasteiger partial charge on any atom is 0.310 e. The van der Waals surface area contributed by atoms with Crippen molar-refractivity contribution in [3.63, 3.8) is 0 Å². The highest BCUT2D eigenvalue weighted by Crippen LogP contribution is 2.19. The van der Waals surface area contributed by atoms with Crippen LogP contribution in [0, 0.1) is 0 Å². The van der Waals surface area contributed by atoms with Crippen molar-refractivity contribution in [3.05, 3.63) is 37.5 Å². The Hall–Kier alpha value is -1.51. The van der Waals surface area contributed by atoms with Gasteiger partial charge >= 0.3 is 5.97 Å². The summed E-state index contributed by atoms with van der Waals surface area (Å²) in [4.78, 5) is 10.1. The average Bonchev–Trinajstić information content (AvgIpc) is 3.08. The number of hydrogen-bond acceptors (Lipinski definition) is 3. The van der Waals surface area contributed by atoms with E-state index >= 15 is 0 Å². The van der Waals surface area contributed by atoms with Crippen molar-refractivity contribution in [2.75, 3.05) is 0 Å². The zero-order valence-corrected chi connectivity index (χ0v) is 33.2. The Kier molecular flexibility index (Phi) is 44.1. The summed E-state index contributed by atoms with van der Waals surface area (Å²) in [6.45, 7) is 17.8. The molecule has 0 aromatic rings. The van der Waals surface area contributed by atoms with E-state index in [0.717, 1.165) is 30.6 Å². The Balaban J connectivity index is 0. The fourth-order valence-corrected chi connectivity index (χ4v) is 6.22. The van der Waals surface area contributed by atoms with Crippen molar-refractivity contribution in [3.8, 4) is 0 Å². The number of carbonyl (C=O) groups excluding carboxylic acids is 1. The molecule has 0 aliphatic carbocycles. The molecular formula is C45H86O3. The van der Waals surface area contributed by atoms with E-state index < -0.39 is 0 Å². The molecule has 3 heteroatoms. The van der Waals surface area contributed by atoms with E-state index in [9.17, 15) is 4.79 Å². The predicted octanol–water partition coefficient (Wildman–Crippen LogP) is 16.4. The van der Waals surface area contributed by atoms with Crippen LogP contribution in [0.4, 0.5) is 0 Å². The molecule has 48 heavy (non-hydrogen) atoms. The van der Waals surface area contributed by atoms with E-state index in [1.807, 2.05) is 0 Å². The van der Waals surface area contributed by atoms with Crippen LogP contribution in [0.2, 0.25) is 0 Å². The first kappa shape index (κ1) is 48.6. The number of unbranched alkanes of at least 4 members (excludes halogenated alkanes) is 30. The van der Waals surface area contributed by atoms with E-state index in [1.165, 1.54) is 205 Å².